The molecule has 0 heterocycles. The summed E-state index contributed by atoms with van der Waals surface area (Å²) in [6.07, 6.45) is 0.940. The number of anilines is 1. The number of ether oxygens (including phenoxy) is 1. The normalized spacial score (nSPS) is 11.4. The lowest BCUT2D eigenvalue weighted by Crippen LogP contribution is -2.46. The molecule has 136 valence electrons. The maximum absolute atomic E-state index is 11.9. The highest BCUT2D eigenvalue weighted by atomic mass is 35.5. The van der Waals surface area contributed by atoms with Crippen molar-refractivity contribution in [3.05, 3.63) is 23.8 Å². The van der Waals surface area contributed by atoms with Crippen LogP contribution in [0.1, 0.15) is 32.8 Å². The quantitative estimate of drug-likeness (QED) is 0.665. The van der Waals surface area contributed by atoms with E-state index in [0.717, 1.165) is 17.7 Å². The van der Waals surface area contributed by atoms with Gasteiger partial charge >= 0.3 is 0 Å². The summed E-state index contributed by atoms with van der Waals surface area (Å²) < 4.78 is 5.54. The topological polar surface area (TPSA) is 93.5 Å². The van der Waals surface area contributed by atoms with Crippen molar-refractivity contribution < 1.29 is 14.3 Å². The molecule has 1 aromatic carbocycles. The fraction of sp³-hybridized carbons (Fsp3) is 0.529. The van der Waals surface area contributed by atoms with Crippen LogP contribution in [-0.2, 0) is 9.59 Å². The van der Waals surface area contributed by atoms with E-state index in [1.807, 2.05) is 39.8 Å². The van der Waals surface area contributed by atoms with Crippen LogP contribution < -0.4 is 21.1 Å². The van der Waals surface area contributed by atoms with Gasteiger partial charge in [-0.25, -0.2) is 0 Å². The van der Waals surface area contributed by atoms with Crippen molar-refractivity contribution in [3.63, 3.8) is 0 Å². The molecule has 0 saturated heterocycles. The second kappa shape index (κ2) is 10.9. The number of hydrogen-bond acceptors (Lipinski definition) is 4. The van der Waals surface area contributed by atoms with Gasteiger partial charge in [0, 0.05) is 5.69 Å². The summed E-state index contributed by atoms with van der Waals surface area (Å²) in [7, 11) is 0. The first kappa shape index (κ1) is 22.2. The molecule has 0 saturated carbocycles. The third-order valence-electron chi connectivity index (χ3n) is 3.39. The molecule has 4 N–H and O–H groups in total. The lowest BCUT2D eigenvalue weighted by Gasteiger charge is -2.15. The summed E-state index contributed by atoms with van der Waals surface area (Å²) in [4.78, 5) is 23.6. The zero-order valence-electron chi connectivity index (χ0n) is 14.7. The molecule has 2 amide bonds. The van der Waals surface area contributed by atoms with Crippen molar-refractivity contribution in [3.8, 4) is 5.75 Å². The van der Waals surface area contributed by atoms with Gasteiger partial charge in [0.15, 0.2) is 0 Å². The summed E-state index contributed by atoms with van der Waals surface area (Å²) in [5, 5.41) is 5.31. The molecule has 0 aliphatic heterocycles. The average Bonchev–Trinajstić information content (AvgIpc) is 2.52. The van der Waals surface area contributed by atoms with Crippen LogP contribution in [0.5, 0.6) is 5.75 Å². The third-order valence-corrected chi connectivity index (χ3v) is 3.39. The van der Waals surface area contributed by atoms with E-state index in [-0.39, 0.29) is 36.7 Å². The van der Waals surface area contributed by atoms with E-state index < -0.39 is 6.04 Å². The number of nitrogens with one attached hydrogen (secondary N) is 2. The summed E-state index contributed by atoms with van der Waals surface area (Å²) in [6.45, 7) is 8.20. The fourth-order valence-corrected chi connectivity index (χ4v) is 1.87. The Balaban J connectivity index is 0.00000529. The summed E-state index contributed by atoms with van der Waals surface area (Å²) in [5.74, 6) is 0.185. The van der Waals surface area contributed by atoms with Gasteiger partial charge in [-0.3, -0.25) is 9.59 Å². The Morgan fingerprint density at radius 2 is 1.96 bits per heavy atom. The van der Waals surface area contributed by atoms with Crippen LogP contribution >= 0.6 is 12.4 Å². The molecule has 0 aromatic heterocycles. The number of carbonyl (C=O) groups is 2. The highest BCUT2D eigenvalue weighted by Gasteiger charge is 2.17. The van der Waals surface area contributed by atoms with E-state index in [9.17, 15) is 9.59 Å². The minimum atomic E-state index is -0.612. The lowest BCUT2D eigenvalue weighted by molar-refractivity contribution is -0.125. The number of hydrogen-bond donors (Lipinski definition) is 3. The van der Waals surface area contributed by atoms with Gasteiger partial charge in [-0.2, -0.15) is 0 Å². The number of rotatable bonds is 8. The predicted molar refractivity (Wildman–Crippen MR) is 98.7 cm³/mol. The van der Waals surface area contributed by atoms with E-state index in [4.69, 9.17) is 10.5 Å². The number of amides is 2. The molecule has 0 spiro atoms. The Morgan fingerprint density at radius 1 is 1.29 bits per heavy atom. The first-order chi connectivity index (χ1) is 10.8. The number of carbonyl (C=O) groups excluding carboxylic acids is 2. The van der Waals surface area contributed by atoms with Gasteiger partial charge < -0.3 is 21.1 Å². The maximum atomic E-state index is 11.9. The second-order valence-corrected chi connectivity index (χ2v) is 5.86. The molecule has 0 radical (unpaired) electrons. The highest BCUT2D eigenvalue weighted by Crippen LogP contribution is 2.21. The minimum absolute atomic E-state index is 0. The Hall–Kier alpha value is -1.79. The van der Waals surface area contributed by atoms with Crippen molar-refractivity contribution in [1.82, 2.24) is 5.32 Å². The summed E-state index contributed by atoms with van der Waals surface area (Å²) in [6, 6.07) is 4.86. The first-order valence-electron chi connectivity index (χ1n) is 7.91. The molecule has 1 aromatic rings. The van der Waals surface area contributed by atoms with Crippen LogP contribution in [0.25, 0.3) is 0 Å². The fourth-order valence-electron chi connectivity index (χ4n) is 1.87. The van der Waals surface area contributed by atoms with Crippen molar-refractivity contribution in [2.75, 3.05) is 18.5 Å². The maximum Gasteiger partial charge on any atom is 0.243 e. The van der Waals surface area contributed by atoms with E-state index in [1.165, 1.54) is 0 Å². The van der Waals surface area contributed by atoms with Crippen molar-refractivity contribution in [2.45, 2.75) is 40.2 Å². The second-order valence-electron chi connectivity index (χ2n) is 5.86. The molecule has 7 heteroatoms. The van der Waals surface area contributed by atoms with Gasteiger partial charge in [0.25, 0.3) is 0 Å². The standard InChI is InChI=1S/C17H27N3O3.ClH/c1-5-8-23-13-6-7-14(12(4)9-13)20-15(21)10-19-17(22)16(18)11(2)3;/h6-7,9,11,16H,5,8,10,18H2,1-4H3,(H,19,22)(H,20,21);1H/t16-;/m0./s1. The number of benzene rings is 1. The zero-order valence-corrected chi connectivity index (χ0v) is 15.5. The minimum Gasteiger partial charge on any atom is -0.494 e. The van der Waals surface area contributed by atoms with Gasteiger partial charge in [0.1, 0.15) is 5.75 Å². The van der Waals surface area contributed by atoms with Gasteiger partial charge in [-0.15, -0.1) is 12.4 Å². The SMILES string of the molecule is CCCOc1ccc(NC(=O)CNC(=O)[C@@H](N)C(C)C)c(C)c1.Cl. The van der Waals surface area contributed by atoms with Crippen molar-refractivity contribution in [2.24, 2.45) is 11.7 Å². The molecule has 6 nitrogen and oxygen atoms in total. The molecule has 0 fully saturated rings. The molecule has 0 aliphatic rings. The van der Waals surface area contributed by atoms with Crippen LogP contribution in [0.3, 0.4) is 0 Å². The van der Waals surface area contributed by atoms with E-state index in [0.29, 0.717) is 12.3 Å². The molecular weight excluding hydrogens is 330 g/mol. The summed E-state index contributed by atoms with van der Waals surface area (Å²) >= 11 is 0. The van der Waals surface area contributed by atoms with E-state index in [2.05, 4.69) is 10.6 Å². The lowest BCUT2D eigenvalue weighted by atomic mass is 10.1. The summed E-state index contributed by atoms with van der Waals surface area (Å²) in [5.41, 5.74) is 7.32. The molecule has 0 aliphatic carbocycles. The van der Waals surface area contributed by atoms with Crippen molar-refractivity contribution in [1.29, 1.82) is 0 Å². The molecule has 24 heavy (non-hydrogen) atoms. The number of aryl methyl sites for hydroxylation is 1. The van der Waals surface area contributed by atoms with Gasteiger partial charge in [0.2, 0.25) is 11.8 Å². The molecule has 1 atom stereocenters. The van der Waals surface area contributed by atoms with Crippen molar-refractivity contribution >= 4 is 29.9 Å². The Morgan fingerprint density at radius 3 is 2.50 bits per heavy atom. The number of nitrogens with two attached hydrogens (primary N) is 1. The Labute approximate surface area is 149 Å². The van der Waals surface area contributed by atoms with Crippen LogP contribution in [-0.4, -0.2) is 31.0 Å². The van der Waals surface area contributed by atoms with Gasteiger partial charge in [-0.05, 0) is 43.0 Å². The molecule has 0 bridgehead atoms. The van der Waals surface area contributed by atoms with Crippen LogP contribution in [0, 0.1) is 12.8 Å². The highest BCUT2D eigenvalue weighted by molar-refractivity contribution is 5.95. The Kier molecular flexibility index (Phi) is 10.1. The largest absolute Gasteiger partial charge is 0.494 e. The average molecular weight is 358 g/mol. The van der Waals surface area contributed by atoms with E-state index in [1.54, 1.807) is 6.07 Å². The van der Waals surface area contributed by atoms with Gasteiger partial charge in [0.05, 0.1) is 19.2 Å². The van der Waals surface area contributed by atoms with Crippen LogP contribution in [0.2, 0.25) is 0 Å². The zero-order chi connectivity index (χ0) is 17.4. The van der Waals surface area contributed by atoms with E-state index >= 15 is 0 Å². The monoisotopic (exact) mass is 357 g/mol. The number of halogens is 1. The molecular formula is C17H28ClN3O3. The molecule has 0 unspecified atom stereocenters. The predicted octanol–water partition coefficient (Wildman–Crippen LogP) is 2.24. The third kappa shape index (κ3) is 7.19. The van der Waals surface area contributed by atoms with Crippen LogP contribution in [0.4, 0.5) is 5.69 Å². The van der Waals surface area contributed by atoms with Crippen LogP contribution in [0.15, 0.2) is 18.2 Å². The molecule has 1 rings (SSSR count). The first-order valence-corrected chi connectivity index (χ1v) is 7.91. The van der Waals surface area contributed by atoms with Gasteiger partial charge in [-0.1, -0.05) is 20.8 Å². The smallest absolute Gasteiger partial charge is 0.243 e. The Bertz CT molecular complexity index is 550.